The summed E-state index contributed by atoms with van der Waals surface area (Å²) in [5.74, 6) is 1.74. The molecule has 4 heteroatoms. The van der Waals surface area contributed by atoms with Crippen molar-refractivity contribution >= 4 is 11.8 Å². The molecule has 1 saturated carbocycles. The molecule has 2 atom stereocenters. The first-order valence-electron chi connectivity index (χ1n) is 6.51. The van der Waals surface area contributed by atoms with Crippen LogP contribution in [0, 0.1) is 0 Å². The van der Waals surface area contributed by atoms with Crippen molar-refractivity contribution in [3.8, 4) is 11.5 Å². The Bertz CT molecular complexity index is 424. The Kier molecular flexibility index (Phi) is 3.66. The molecule has 1 N–H and O–H groups in total. The summed E-state index contributed by atoms with van der Waals surface area (Å²) in [5.41, 5.74) is 1.27. The Morgan fingerprint density at radius 1 is 1.28 bits per heavy atom. The molecule has 1 aliphatic carbocycles. The average molecular weight is 265 g/mol. The van der Waals surface area contributed by atoms with Gasteiger partial charge in [0.1, 0.15) is 0 Å². The third-order valence-corrected chi connectivity index (χ3v) is 4.93. The fraction of sp³-hybridized carbons (Fsp3) is 0.571. The van der Waals surface area contributed by atoms with Crippen molar-refractivity contribution < 1.29 is 9.47 Å². The SMILES string of the molecule is CSC1CCCC1NCc1ccc2c(c1)OCO2. The lowest BCUT2D eigenvalue weighted by atomic mass is 10.1. The van der Waals surface area contributed by atoms with Gasteiger partial charge in [0.05, 0.1) is 0 Å². The predicted octanol–water partition coefficient (Wildman–Crippen LogP) is 2.79. The van der Waals surface area contributed by atoms with Crippen LogP contribution in [0.3, 0.4) is 0 Å². The van der Waals surface area contributed by atoms with Gasteiger partial charge >= 0.3 is 0 Å². The number of benzene rings is 1. The van der Waals surface area contributed by atoms with Crippen LogP contribution in [0.15, 0.2) is 18.2 Å². The summed E-state index contributed by atoms with van der Waals surface area (Å²) >= 11 is 1.99. The van der Waals surface area contributed by atoms with Gasteiger partial charge in [0.25, 0.3) is 0 Å². The highest BCUT2D eigenvalue weighted by molar-refractivity contribution is 7.99. The van der Waals surface area contributed by atoms with Crippen molar-refractivity contribution in [1.29, 1.82) is 0 Å². The maximum Gasteiger partial charge on any atom is 0.231 e. The Hall–Kier alpha value is -0.870. The molecule has 0 spiro atoms. The third-order valence-electron chi connectivity index (χ3n) is 3.76. The maximum absolute atomic E-state index is 5.40. The lowest BCUT2D eigenvalue weighted by Crippen LogP contribution is -2.33. The van der Waals surface area contributed by atoms with E-state index in [1.54, 1.807) is 0 Å². The summed E-state index contributed by atoms with van der Waals surface area (Å²) in [6.45, 7) is 1.27. The predicted molar refractivity (Wildman–Crippen MR) is 74.3 cm³/mol. The van der Waals surface area contributed by atoms with Crippen LogP contribution >= 0.6 is 11.8 Å². The number of nitrogens with one attached hydrogen (secondary N) is 1. The number of hydrogen-bond acceptors (Lipinski definition) is 4. The van der Waals surface area contributed by atoms with E-state index in [-0.39, 0.29) is 0 Å². The lowest BCUT2D eigenvalue weighted by molar-refractivity contribution is 0.174. The van der Waals surface area contributed by atoms with Gasteiger partial charge in [0.2, 0.25) is 6.79 Å². The Morgan fingerprint density at radius 2 is 2.17 bits per heavy atom. The zero-order valence-corrected chi connectivity index (χ0v) is 11.5. The van der Waals surface area contributed by atoms with Crippen LogP contribution in [-0.4, -0.2) is 24.3 Å². The first-order valence-corrected chi connectivity index (χ1v) is 7.80. The summed E-state index contributed by atoms with van der Waals surface area (Å²) in [6, 6.07) is 6.85. The number of ether oxygens (including phenoxy) is 2. The highest BCUT2D eigenvalue weighted by atomic mass is 32.2. The van der Waals surface area contributed by atoms with Crippen molar-refractivity contribution in [2.75, 3.05) is 13.0 Å². The smallest absolute Gasteiger partial charge is 0.231 e. The summed E-state index contributed by atoms with van der Waals surface area (Å²) in [7, 11) is 0. The largest absolute Gasteiger partial charge is 0.454 e. The van der Waals surface area contributed by atoms with Crippen LogP contribution in [0.4, 0.5) is 0 Å². The molecule has 0 bridgehead atoms. The molecule has 1 aliphatic heterocycles. The van der Waals surface area contributed by atoms with Crippen LogP contribution in [0.1, 0.15) is 24.8 Å². The molecule has 0 radical (unpaired) electrons. The summed E-state index contributed by atoms with van der Waals surface area (Å²) in [4.78, 5) is 0. The van der Waals surface area contributed by atoms with E-state index in [0.29, 0.717) is 12.8 Å². The minimum atomic E-state index is 0.351. The molecule has 1 aromatic carbocycles. The second-order valence-electron chi connectivity index (χ2n) is 4.88. The zero-order valence-electron chi connectivity index (χ0n) is 10.6. The van der Waals surface area contributed by atoms with Crippen molar-refractivity contribution in [3.05, 3.63) is 23.8 Å². The molecular formula is C14H19NO2S. The van der Waals surface area contributed by atoms with E-state index in [0.717, 1.165) is 23.3 Å². The highest BCUT2D eigenvalue weighted by Crippen LogP contribution is 2.33. The Morgan fingerprint density at radius 3 is 3.06 bits per heavy atom. The van der Waals surface area contributed by atoms with Gasteiger partial charge in [-0.2, -0.15) is 11.8 Å². The molecule has 2 aliphatic rings. The molecule has 1 heterocycles. The molecule has 0 saturated heterocycles. The normalized spacial score (nSPS) is 25.6. The number of thioether (sulfide) groups is 1. The van der Waals surface area contributed by atoms with E-state index in [2.05, 4.69) is 23.7 Å². The van der Waals surface area contributed by atoms with E-state index >= 15 is 0 Å². The molecule has 3 nitrogen and oxygen atoms in total. The van der Waals surface area contributed by atoms with Gasteiger partial charge < -0.3 is 14.8 Å². The minimum absolute atomic E-state index is 0.351. The van der Waals surface area contributed by atoms with Gasteiger partial charge in [0, 0.05) is 17.8 Å². The zero-order chi connectivity index (χ0) is 12.4. The van der Waals surface area contributed by atoms with Crippen LogP contribution in [-0.2, 0) is 6.54 Å². The van der Waals surface area contributed by atoms with Crippen molar-refractivity contribution in [2.45, 2.75) is 37.1 Å². The number of rotatable bonds is 4. The standard InChI is InChI=1S/C14H19NO2S/c1-18-14-4-2-3-11(14)15-8-10-5-6-12-13(7-10)17-9-16-12/h5-7,11,14-15H,2-4,8-9H2,1H3. The molecule has 0 amide bonds. The molecule has 1 fully saturated rings. The van der Waals surface area contributed by atoms with Crippen molar-refractivity contribution in [1.82, 2.24) is 5.32 Å². The van der Waals surface area contributed by atoms with E-state index in [4.69, 9.17) is 9.47 Å². The van der Waals surface area contributed by atoms with Crippen LogP contribution in [0.25, 0.3) is 0 Å². The molecule has 2 unspecified atom stereocenters. The Labute approximate surface area is 112 Å². The second kappa shape index (κ2) is 5.41. The molecule has 98 valence electrons. The van der Waals surface area contributed by atoms with Gasteiger partial charge in [-0.05, 0) is 36.8 Å². The van der Waals surface area contributed by atoms with E-state index in [1.807, 2.05) is 17.8 Å². The van der Waals surface area contributed by atoms with Crippen molar-refractivity contribution in [2.24, 2.45) is 0 Å². The van der Waals surface area contributed by atoms with Gasteiger partial charge in [-0.1, -0.05) is 12.5 Å². The summed E-state index contributed by atoms with van der Waals surface area (Å²) < 4.78 is 10.7. The van der Waals surface area contributed by atoms with Crippen LogP contribution in [0.2, 0.25) is 0 Å². The van der Waals surface area contributed by atoms with E-state index < -0.39 is 0 Å². The minimum Gasteiger partial charge on any atom is -0.454 e. The number of fused-ring (bicyclic) bond motifs is 1. The third kappa shape index (κ3) is 2.45. The molecule has 3 rings (SSSR count). The number of hydrogen-bond donors (Lipinski definition) is 1. The molecule has 0 aromatic heterocycles. The first kappa shape index (κ1) is 12.2. The fourth-order valence-electron chi connectivity index (χ4n) is 2.74. The van der Waals surface area contributed by atoms with Gasteiger partial charge in [-0.15, -0.1) is 0 Å². The van der Waals surface area contributed by atoms with Gasteiger partial charge in [-0.3, -0.25) is 0 Å². The second-order valence-corrected chi connectivity index (χ2v) is 5.96. The average Bonchev–Trinajstić information content (AvgIpc) is 3.04. The molecule has 1 aromatic rings. The van der Waals surface area contributed by atoms with Crippen LogP contribution in [0.5, 0.6) is 11.5 Å². The van der Waals surface area contributed by atoms with Crippen molar-refractivity contribution in [3.63, 3.8) is 0 Å². The monoisotopic (exact) mass is 265 g/mol. The first-order chi connectivity index (χ1) is 8.86. The fourth-order valence-corrected chi connectivity index (χ4v) is 3.70. The van der Waals surface area contributed by atoms with E-state index in [1.165, 1.54) is 24.8 Å². The quantitative estimate of drug-likeness (QED) is 0.907. The van der Waals surface area contributed by atoms with Gasteiger partial charge in [0.15, 0.2) is 11.5 Å². The molecule has 18 heavy (non-hydrogen) atoms. The summed E-state index contributed by atoms with van der Waals surface area (Å²) in [6.07, 6.45) is 6.21. The highest BCUT2D eigenvalue weighted by Gasteiger charge is 2.25. The Balaban J connectivity index is 1.60. The van der Waals surface area contributed by atoms with E-state index in [9.17, 15) is 0 Å². The maximum atomic E-state index is 5.40. The summed E-state index contributed by atoms with van der Waals surface area (Å²) in [5, 5.41) is 4.45. The topological polar surface area (TPSA) is 30.5 Å². The van der Waals surface area contributed by atoms with Crippen LogP contribution < -0.4 is 14.8 Å². The lowest BCUT2D eigenvalue weighted by Gasteiger charge is -2.19. The van der Waals surface area contributed by atoms with Gasteiger partial charge in [-0.25, -0.2) is 0 Å². The molecular weight excluding hydrogens is 246 g/mol.